The number of fused-ring (bicyclic) bond motifs is 1. The predicted octanol–water partition coefficient (Wildman–Crippen LogP) is 5.58. The molecule has 3 heterocycles. The molecule has 6 nitrogen and oxygen atoms in total. The van der Waals surface area contributed by atoms with E-state index in [4.69, 9.17) is 28.6 Å². The molecule has 1 aromatic heterocycles. The molecule has 0 fully saturated rings. The lowest BCUT2D eigenvalue weighted by Crippen LogP contribution is -2.35. The highest BCUT2D eigenvalue weighted by molar-refractivity contribution is 8.27. The van der Waals surface area contributed by atoms with E-state index in [2.05, 4.69) is 10.1 Å². The minimum atomic E-state index is -4.69. The monoisotopic (exact) mass is 485 g/mol. The topological polar surface area (TPSA) is 73.8 Å². The number of hydrazone groups is 1. The fourth-order valence-electron chi connectivity index (χ4n) is 3.22. The lowest BCUT2D eigenvalue weighted by atomic mass is 10.1. The highest BCUT2D eigenvalue weighted by atomic mass is 35.5. The van der Waals surface area contributed by atoms with Crippen molar-refractivity contribution in [1.82, 2.24) is 9.58 Å². The van der Waals surface area contributed by atoms with E-state index < -0.39 is 23.0 Å². The average Bonchev–Trinajstić information content (AvgIpc) is 3.22. The molecule has 0 radical (unpaired) electrons. The first-order valence-electron chi connectivity index (χ1n) is 8.69. The van der Waals surface area contributed by atoms with Crippen LogP contribution in [0.1, 0.15) is 17.0 Å². The number of aryl methyl sites for hydroxylation is 1. The fourth-order valence-corrected chi connectivity index (χ4v) is 4.27. The molecule has 0 bridgehead atoms. The molecule has 0 saturated carbocycles. The summed E-state index contributed by atoms with van der Waals surface area (Å²) >= 11 is 12.3. The number of alkyl halides is 3. The number of amidine groups is 2. The van der Waals surface area contributed by atoms with Gasteiger partial charge in [0.15, 0.2) is 5.84 Å². The maximum atomic E-state index is 13.0. The molecule has 2 aromatic rings. The summed E-state index contributed by atoms with van der Waals surface area (Å²) in [5, 5.41) is 11.7. The SMILES string of the molecule is Cc1cc(/C=C2/C(=N)N3N=C(C(F)(F)F)SC3=NC2=O)c(C)n1-c1ccc(Cl)c(Cl)c1. The van der Waals surface area contributed by atoms with Crippen LogP contribution in [0.25, 0.3) is 11.8 Å². The third-order valence-electron chi connectivity index (χ3n) is 4.63. The minimum absolute atomic E-state index is 0.161. The zero-order valence-electron chi connectivity index (χ0n) is 15.9. The lowest BCUT2D eigenvalue weighted by molar-refractivity contribution is -0.114. The maximum absolute atomic E-state index is 13.0. The Morgan fingerprint density at radius 1 is 1.16 bits per heavy atom. The Balaban J connectivity index is 1.75. The van der Waals surface area contributed by atoms with Gasteiger partial charge < -0.3 is 4.57 Å². The van der Waals surface area contributed by atoms with Crippen LogP contribution in [0.4, 0.5) is 13.2 Å². The van der Waals surface area contributed by atoms with Gasteiger partial charge in [-0.2, -0.15) is 28.3 Å². The Kier molecular flexibility index (Phi) is 5.27. The van der Waals surface area contributed by atoms with Crippen molar-refractivity contribution in [3.8, 4) is 5.69 Å². The Labute approximate surface area is 188 Å². The summed E-state index contributed by atoms with van der Waals surface area (Å²) in [7, 11) is 0. The summed E-state index contributed by atoms with van der Waals surface area (Å²) < 4.78 is 40.8. The van der Waals surface area contributed by atoms with Gasteiger partial charge in [-0.15, -0.1) is 0 Å². The molecule has 0 unspecified atom stereocenters. The van der Waals surface area contributed by atoms with E-state index in [0.717, 1.165) is 22.1 Å². The number of benzene rings is 1. The molecule has 2 aliphatic heterocycles. The summed E-state index contributed by atoms with van der Waals surface area (Å²) in [5.41, 5.74) is 2.73. The first kappa shape index (κ1) is 21.7. The molecule has 1 aromatic carbocycles. The standard InChI is InChI=1S/C19H12Cl2F3N5OS/c1-8-5-10(9(2)28(8)11-3-4-13(20)14(21)7-11)6-12-15(25)29-18(26-16(12)30)31-17(27-29)19(22,23)24/h3-7,25H,1-2H3/b12-6-,25-15?. The maximum Gasteiger partial charge on any atom is 0.441 e. The number of thioether (sulfide) groups is 1. The van der Waals surface area contributed by atoms with Gasteiger partial charge in [0.25, 0.3) is 5.91 Å². The first-order valence-corrected chi connectivity index (χ1v) is 10.3. The largest absolute Gasteiger partial charge is 0.441 e. The number of carbonyl (C=O) groups excluding carboxylic acids is 1. The van der Waals surface area contributed by atoms with E-state index in [9.17, 15) is 18.0 Å². The third kappa shape index (κ3) is 3.79. The molecule has 160 valence electrons. The van der Waals surface area contributed by atoms with Crippen LogP contribution in [0.15, 0.2) is 39.9 Å². The Morgan fingerprint density at radius 3 is 2.52 bits per heavy atom. The van der Waals surface area contributed by atoms with Crippen LogP contribution in [0.5, 0.6) is 0 Å². The summed E-state index contributed by atoms with van der Waals surface area (Å²) in [4.78, 5) is 16.1. The zero-order valence-corrected chi connectivity index (χ0v) is 18.2. The van der Waals surface area contributed by atoms with Gasteiger partial charge in [-0.05, 0) is 61.5 Å². The Bertz CT molecular complexity index is 1250. The van der Waals surface area contributed by atoms with E-state index in [1.54, 1.807) is 31.2 Å². The van der Waals surface area contributed by atoms with Crippen molar-refractivity contribution in [1.29, 1.82) is 5.41 Å². The van der Waals surface area contributed by atoms with E-state index in [1.807, 2.05) is 11.5 Å². The number of nitrogens with one attached hydrogen (secondary N) is 1. The molecule has 0 atom stereocenters. The average molecular weight is 486 g/mol. The van der Waals surface area contributed by atoms with Crippen molar-refractivity contribution in [3.05, 3.63) is 56.8 Å². The summed E-state index contributed by atoms with van der Waals surface area (Å²) in [6.07, 6.45) is -3.27. The number of halogens is 5. The fraction of sp³-hybridized carbons (Fsp3) is 0.158. The highest BCUT2D eigenvalue weighted by Gasteiger charge is 2.46. The molecule has 2 aliphatic rings. The van der Waals surface area contributed by atoms with Crippen molar-refractivity contribution in [2.24, 2.45) is 10.1 Å². The van der Waals surface area contributed by atoms with Gasteiger partial charge in [0.1, 0.15) is 0 Å². The minimum Gasteiger partial charge on any atom is -0.318 e. The molecule has 0 saturated heterocycles. The van der Waals surface area contributed by atoms with Crippen LogP contribution in [0.2, 0.25) is 10.0 Å². The van der Waals surface area contributed by atoms with Gasteiger partial charge in [-0.3, -0.25) is 10.2 Å². The number of carbonyl (C=O) groups is 1. The van der Waals surface area contributed by atoms with E-state index >= 15 is 0 Å². The van der Waals surface area contributed by atoms with E-state index in [1.165, 1.54) is 6.08 Å². The van der Waals surface area contributed by atoms with E-state index in [0.29, 0.717) is 15.6 Å². The molecular weight excluding hydrogens is 474 g/mol. The number of amides is 1. The van der Waals surface area contributed by atoms with Crippen molar-refractivity contribution in [2.45, 2.75) is 20.0 Å². The molecule has 31 heavy (non-hydrogen) atoms. The number of hydrogen-bond acceptors (Lipinski definition) is 4. The van der Waals surface area contributed by atoms with Gasteiger partial charge >= 0.3 is 6.18 Å². The van der Waals surface area contributed by atoms with Gasteiger partial charge in [0.2, 0.25) is 10.2 Å². The van der Waals surface area contributed by atoms with Gasteiger partial charge in [0, 0.05) is 17.1 Å². The molecule has 0 aliphatic carbocycles. The van der Waals surface area contributed by atoms with Gasteiger partial charge in [0.05, 0.1) is 15.6 Å². The smallest absolute Gasteiger partial charge is 0.318 e. The number of aromatic nitrogens is 1. The molecule has 1 amide bonds. The van der Waals surface area contributed by atoms with Gasteiger partial charge in [-0.1, -0.05) is 23.2 Å². The van der Waals surface area contributed by atoms with Crippen LogP contribution in [0.3, 0.4) is 0 Å². The first-order chi connectivity index (χ1) is 14.5. The van der Waals surface area contributed by atoms with Crippen LogP contribution in [-0.4, -0.2) is 37.7 Å². The summed E-state index contributed by atoms with van der Waals surface area (Å²) in [6, 6.07) is 6.92. The molecule has 1 N–H and O–H groups in total. The van der Waals surface area contributed by atoms with E-state index in [-0.39, 0.29) is 22.5 Å². The molecule has 12 heteroatoms. The zero-order chi connectivity index (χ0) is 22.7. The van der Waals surface area contributed by atoms with Gasteiger partial charge in [-0.25, -0.2) is 0 Å². The van der Waals surface area contributed by atoms with Crippen molar-refractivity contribution < 1.29 is 18.0 Å². The van der Waals surface area contributed by atoms with Crippen LogP contribution in [-0.2, 0) is 4.79 Å². The lowest BCUT2D eigenvalue weighted by Gasteiger charge is -2.20. The summed E-state index contributed by atoms with van der Waals surface area (Å²) in [5.74, 6) is -1.28. The highest BCUT2D eigenvalue weighted by Crippen LogP contribution is 2.36. The number of aliphatic imine (C=N–C) groups is 1. The quantitative estimate of drug-likeness (QED) is 0.564. The molecular formula is C19H12Cl2F3N5OS. The van der Waals surface area contributed by atoms with Crippen molar-refractivity contribution in [3.63, 3.8) is 0 Å². The molecule has 4 rings (SSSR count). The van der Waals surface area contributed by atoms with Crippen molar-refractivity contribution in [2.75, 3.05) is 0 Å². The number of rotatable bonds is 2. The van der Waals surface area contributed by atoms with Crippen LogP contribution >= 0.6 is 35.0 Å². The number of nitrogens with zero attached hydrogens (tertiary/aromatic N) is 4. The number of hydrogen-bond donors (Lipinski definition) is 1. The van der Waals surface area contributed by atoms with Crippen molar-refractivity contribution >= 4 is 63.0 Å². The second-order valence-corrected chi connectivity index (χ2v) is 8.45. The Hall–Kier alpha value is -2.56. The third-order valence-corrected chi connectivity index (χ3v) is 6.32. The van der Waals surface area contributed by atoms with Crippen LogP contribution in [0, 0.1) is 19.3 Å². The molecule has 0 spiro atoms. The second-order valence-electron chi connectivity index (χ2n) is 6.68. The normalized spacial score (nSPS) is 17.9. The second kappa shape index (κ2) is 7.54. The predicted molar refractivity (Wildman–Crippen MR) is 116 cm³/mol. The Morgan fingerprint density at radius 2 is 1.87 bits per heavy atom. The van der Waals surface area contributed by atoms with Crippen LogP contribution < -0.4 is 0 Å². The summed E-state index contributed by atoms with van der Waals surface area (Å²) in [6.45, 7) is 3.65.